The third-order valence-corrected chi connectivity index (χ3v) is 5.50. The fourth-order valence-corrected chi connectivity index (χ4v) is 3.91. The highest BCUT2D eigenvalue weighted by Crippen LogP contribution is 2.24. The van der Waals surface area contributed by atoms with Gasteiger partial charge in [-0.3, -0.25) is 9.59 Å². The molecule has 0 aromatic heterocycles. The van der Waals surface area contributed by atoms with Gasteiger partial charge in [-0.05, 0) is 48.2 Å². The lowest BCUT2D eigenvalue weighted by atomic mass is 9.95. The number of nitrogens with zero attached hydrogens (tertiary/aromatic N) is 1. The van der Waals surface area contributed by atoms with Crippen molar-refractivity contribution in [3.63, 3.8) is 0 Å². The first-order valence-corrected chi connectivity index (χ1v) is 9.77. The van der Waals surface area contributed by atoms with Crippen LogP contribution in [0.4, 0.5) is 5.69 Å². The molecule has 1 N–H and O–H groups in total. The molecule has 142 valence electrons. The minimum Gasteiger partial charge on any atom is -0.338 e. The summed E-state index contributed by atoms with van der Waals surface area (Å²) in [6, 6.07) is 21.5. The van der Waals surface area contributed by atoms with Gasteiger partial charge in [-0.2, -0.15) is 0 Å². The number of anilines is 1. The molecule has 4 rings (SSSR count). The molecule has 0 saturated carbocycles. The zero-order chi connectivity index (χ0) is 19.5. The maximum Gasteiger partial charge on any atom is 0.254 e. The highest BCUT2D eigenvalue weighted by atomic mass is 16.2. The Balaban J connectivity index is 1.51. The predicted octanol–water partition coefficient (Wildman–Crippen LogP) is 4.64. The summed E-state index contributed by atoms with van der Waals surface area (Å²) in [7, 11) is 0. The highest BCUT2D eigenvalue weighted by molar-refractivity contribution is 6.07. The number of likely N-dealkylation sites (tertiary alicyclic amines) is 1. The van der Waals surface area contributed by atoms with Crippen molar-refractivity contribution < 1.29 is 9.59 Å². The predicted molar refractivity (Wildman–Crippen MR) is 112 cm³/mol. The van der Waals surface area contributed by atoms with Crippen LogP contribution in [0, 0.1) is 12.8 Å². The first-order valence-electron chi connectivity index (χ1n) is 9.77. The van der Waals surface area contributed by atoms with Gasteiger partial charge in [0.25, 0.3) is 5.91 Å². The summed E-state index contributed by atoms with van der Waals surface area (Å²) in [6.07, 6.45) is 1.64. The Morgan fingerprint density at radius 1 is 0.964 bits per heavy atom. The molecule has 2 amide bonds. The molecule has 0 radical (unpaired) electrons. The average molecular weight is 372 g/mol. The highest BCUT2D eigenvalue weighted by Gasteiger charge is 2.29. The topological polar surface area (TPSA) is 49.4 Å². The minimum atomic E-state index is -0.188. The number of hydrogen-bond acceptors (Lipinski definition) is 2. The van der Waals surface area contributed by atoms with Crippen LogP contribution in [0.1, 0.15) is 28.8 Å². The first kappa shape index (κ1) is 18.2. The van der Waals surface area contributed by atoms with Crippen LogP contribution < -0.4 is 5.32 Å². The van der Waals surface area contributed by atoms with E-state index in [4.69, 9.17) is 0 Å². The largest absolute Gasteiger partial charge is 0.338 e. The number of fused-ring (bicyclic) bond motifs is 1. The van der Waals surface area contributed by atoms with Crippen LogP contribution in [0.15, 0.2) is 66.7 Å². The molecule has 4 nitrogen and oxygen atoms in total. The summed E-state index contributed by atoms with van der Waals surface area (Å²) in [5.41, 5.74) is 2.58. The molecule has 1 fully saturated rings. The van der Waals surface area contributed by atoms with E-state index in [0.717, 1.165) is 34.9 Å². The molecule has 3 aromatic carbocycles. The molecule has 0 aliphatic carbocycles. The first-order chi connectivity index (χ1) is 13.6. The van der Waals surface area contributed by atoms with Gasteiger partial charge in [0, 0.05) is 24.3 Å². The van der Waals surface area contributed by atoms with Crippen molar-refractivity contribution in [3.8, 4) is 0 Å². The van der Waals surface area contributed by atoms with Gasteiger partial charge in [0.05, 0.1) is 5.92 Å². The standard InChI is InChI=1S/C24H24N2O2/c1-17-8-2-5-14-22(17)25-23(27)19-11-7-15-26(16-19)24(28)21-13-6-10-18-9-3-4-12-20(18)21/h2-6,8-10,12-14,19H,7,11,15-16H2,1H3,(H,25,27). The Morgan fingerprint density at radius 3 is 2.57 bits per heavy atom. The van der Waals surface area contributed by atoms with Crippen LogP contribution in [0.2, 0.25) is 0 Å². The van der Waals surface area contributed by atoms with Crippen molar-refractivity contribution >= 4 is 28.3 Å². The van der Waals surface area contributed by atoms with Crippen molar-refractivity contribution in [2.24, 2.45) is 5.92 Å². The molecule has 1 saturated heterocycles. The van der Waals surface area contributed by atoms with Crippen LogP contribution in [0.25, 0.3) is 10.8 Å². The van der Waals surface area contributed by atoms with Gasteiger partial charge in [-0.15, -0.1) is 0 Å². The Labute approximate surface area is 165 Å². The number of benzene rings is 3. The monoisotopic (exact) mass is 372 g/mol. The van der Waals surface area contributed by atoms with E-state index < -0.39 is 0 Å². The second kappa shape index (κ2) is 7.85. The summed E-state index contributed by atoms with van der Waals surface area (Å²) < 4.78 is 0. The lowest BCUT2D eigenvalue weighted by molar-refractivity contribution is -0.121. The van der Waals surface area contributed by atoms with E-state index in [2.05, 4.69) is 5.32 Å². The van der Waals surface area contributed by atoms with Crippen molar-refractivity contribution in [1.82, 2.24) is 4.90 Å². The molecule has 1 atom stereocenters. The molecule has 28 heavy (non-hydrogen) atoms. The maximum absolute atomic E-state index is 13.2. The molecule has 0 bridgehead atoms. The van der Waals surface area contributed by atoms with Crippen molar-refractivity contribution in [2.75, 3.05) is 18.4 Å². The van der Waals surface area contributed by atoms with Crippen LogP contribution in [-0.4, -0.2) is 29.8 Å². The summed E-state index contributed by atoms with van der Waals surface area (Å²) in [5.74, 6) is -0.192. The van der Waals surface area contributed by atoms with E-state index in [1.807, 2.05) is 78.6 Å². The Bertz CT molecular complexity index is 1020. The molecule has 4 heteroatoms. The zero-order valence-corrected chi connectivity index (χ0v) is 16.0. The summed E-state index contributed by atoms with van der Waals surface area (Å²) in [4.78, 5) is 27.8. The van der Waals surface area contributed by atoms with Gasteiger partial charge in [-0.1, -0.05) is 54.6 Å². The van der Waals surface area contributed by atoms with Gasteiger partial charge >= 0.3 is 0 Å². The average Bonchev–Trinajstić information content (AvgIpc) is 2.74. The third kappa shape index (κ3) is 3.63. The maximum atomic E-state index is 13.2. The lowest BCUT2D eigenvalue weighted by Gasteiger charge is -2.32. The number of nitrogens with one attached hydrogen (secondary N) is 1. The number of carbonyl (C=O) groups is 2. The number of piperidine rings is 1. The van der Waals surface area contributed by atoms with Crippen molar-refractivity contribution in [1.29, 1.82) is 0 Å². The Hall–Kier alpha value is -3.14. The van der Waals surface area contributed by atoms with E-state index >= 15 is 0 Å². The number of carbonyl (C=O) groups excluding carboxylic acids is 2. The number of amides is 2. The molecular formula is C24H24N2O2. The molecule has 1 unspecified atom stereocenters. The van der Waals surface area contributed by atoms with Gasteiger partial charge in [0.15, 0.2) is 0 Å². The lowest BCUT2D eigenvalue weighted by Crippen LogP contribution is -2.43. The van der Waals surface area contributed by atoms with Gasteiger partial charge in [-0.25, -0.2) is 0 Å². The normalized spacial score (nSPS) is 16.8. The number of para-hydroxylation sites is 1. The van der Waals surface area contributed by atoms with E-state index in [9.17, 15) is 9.59 Å². The van der Waals surface area contributed by atoms with Gasteiger partial charge in [0.1, 0.15) is 0 Å². The van der Waals surface area contributed by atoms with Crippen LogP contribution in [0.5, 0.6) is 0 Å². The summed E-state index contributed by atoms with van der Waals surface area (Å²) in [6.45, 7) is 3.13. The number of rotatable bonds is 3. The summed E-state index contributed by atoms with van der Waals surface area (Å²) in [5, 5.41) is 5.05. The fraction of sp³-hybridized carbons (Fsp3) is 0.250. The molecule has 1 heterocycles. The van der Waals surface area contributed by atoms with Gasteiger partial charge < -0.3 is 10.2 Å². The second-order valence-corrected chi connectivity index (χ2v) is 7.42. The minimum absolute atomic E-state index is 0.00481. The SMILES string of the molecule is Cc1ccccc1NC(=O)C1CCCN(C(=O)c2cccc3ccccc23)C1. The quantitative estimate of drug-likeness (QED) is 0.728. The van der Waals surface area contributed by atoms with Crippen molar-refractivity contribution in [2.45, 2.75) is 19.8 Å². The van der Waals surface area contributed by atoms with E-state index in [-0.39, 0.29) is 17.7 Å². The van der Waals surface area contributed by atoms with E-state index in [0.29, 0.717) is 18.7 Å². The fourth-order valence-electron chi connectivity index (χ4n) is 3.91. The molecule has 3 aromatic rings. The summed E-state index contributed by atoms with van der Waals surface area (Å²) >= 11 is 0. The second-order valence-electron chi connectivity index (χ2n) is 7.42. The Morgan fingerprint density at radius 2 is 1.71 bits per heavy atom. The number of aryl methyl sites for hydroxylation is 1. The molecular weight excluding hydrogens is 348 g/mol. The van der Waals surface area contributed by atoms with Crippen molar-refractivity contribution in [3.05, 3.63) is 77.9 Å². The third-order valence-electron chi connectivity index (χ3n) is 5.50. The molecule has 1 aliphatic rings. The Kier molecular flexibility index (Phi) is 5.11. The van der Waals surface area contributed by atoms with Crippen LogP contribution >= 0.6 is 0 Å². The smallest absolute Gasteiger partial charge is 0.254 e. The number of hydrogen-bond donors (Lipinski definition) is 1. The zero-order valence-electron chi connectivity index (χ0n) is 16.0. The van der Waals surface area contributed by atoms with Crippen LogP contribution in [-0.2, 0) is 4.79 Å². The van der Waals surface area contributed by atoms with E-state index in [1.165, 1.54) is 0 Å². The molecule has 0 spiro atoms. The van der Waals surface area contributed by atoms with E-state index in [1.54, 1.807) is 0 Å². The van der Waals surface area contributed by atoms with Crippen LogP contribution in [0.3, 0.4) is 0 Å². The molecule has 1 aliphatic heterocycles. The van der Waals surface area contributed by atoms with Gasteiger partial charge in [0.2, 0.25) is 5.91 Å².